The molecule has 1 atom stereocenters. The Morgan fingerprint density at radius 1 is 0.895 bits per heavy atom. The fourth-order valence-electron chi connectivity index (χ4n) is 2.19. The molecule has 0 rings (SSSR count). The molecule has 0 spiro atoms. The van der Waals surface area contributed by atoms with E-state index in [9.17, 15) is 4.79 Å². The van der Waals surface area contributed by atoms with Crippen LogP contribution in [0.4, 0.5) is 0 Å². The Kier molecular flexibility index (Phi) is 19.1. The van der Waals surface area contributed by atoms with E-state index in [1.807, 2.05) is 13.8 Å². The number of carboxylic acid groups (broad SMARTS) is 1. The molecule has 2 nitrogen and oxygen atoms in total. The van der Waals surface area contributed by atoms with Crippen molar-refractivity contribution in [2.75, 3.05) is 0 Å². The molecule has 0 aromatic carbocycles. The van der Waals surface area contributed by atoms with Crippen molar-refractivity contribution in [3.63, 3.8) is 0 Å². The number of aliphatic carboxylic acids is 1. The second-order valence-corrected chi connectivity index (χ2v) is 5.30. The van der Waals surface area contributed by atoms with E-state index in [0.29, 0.717) is 6.42 Å². The van der Waals surface area contributed by atoms with Crippen molar-refractivity contribution in [3.05, 3.63) is 0 Å². The van der Waals surface area contributed by atoms with Crippen molar-refractivity contribution in [2.24, 2.45) is 5.92 Å². The minimum absolute atomic E-state index is 0.340. The molecule has 0 aliphatic carbocycles. The lowest BCUT2D eigenvalue weighted by atomic mass is 9.96. The van der Waals surface area contributed by atoms with Gasteiger partial charge in [0.2, 0.25) is 0 Å². The number of rotatable bonds is 12. The van der Waals surface area contributed by atoms with Gasteiger partial charge in [0.1, 0.15) is 0 Å². The minimum atomic E-state index is -0.658. The second kappa shape index (κ2) is 17.5. The molecule has 0 aromatic rings. The summed E-state index contributed by atoms with van der Waals surface area (Å²) in [6.45, 7) is 8.60. The average molecular weight is 272 g/mol. The summed E-state index contributed by atoms with van der Waals surface area (Å²) < 4.78 is 0. The fourth-order valence-corrected chi connectivity index (χ4v) is 2.19. The lowest BCUT2D eigenvalue weighted by Gasteiger charge is -2.10. The number of carboxylic acids is 1. The Hall–Kier alpha value is -0.530. The van der Waals surface area contributed by atoms with Gasteiger partial charge < -0.3 is 5.11 Å². The molecule has 0 fully saturated rings. The van der Waals surface area contributed by atoms with E-state index < -0.39 is 5.97 Å². The quantitative estimate of drug-likeness (QED) is 0.439. The van der Waals surface area contributed by atoms with Gasteiger partial charge in [-0.1, -0.05) is 85.5 Å². The highest BCUT2D eigenvalue weighted by Gasteiger charge is 2.02. The lowest BCUT2D eigenvalue weighted by Crippen LogP contribution is -1.96. The molecule has 116 valence electrons. The smallest absolute Gasteiger partial charge is 0.303 e. The number of hydrogen-bond donors (Lipinski definition) is 1. The molecule has 0 aromatic heterocycles. The highest BCUT2D eigenvalue weighted by atomic mass is 16.4. The van der Waals surface area contributed by atoms with Crippen LogP contribution in [-0.2, 0) is 4.79 Å². The van der Waals surface area contributed by atoms with Gasteiger partial charge in [0.05, 0.1) is 0 Å². The van der Waals surface area contributed by atoms with Crippen LogP contribution >= 0.6 is 0 Å². The molecule has 0 bridgehead atoms. The third-order valence-electron chi connectivity index (χ3n) is 3.39. The predicted octanol–water partition coefficient (Wildman–Crippen LogP) is 6.04. The van der Waals surface area contributed by atoms with Crippen LogP contribution in [0.5, 0.6) is 0 Å². The maximum absolute atomic E-state index is 10.3. The average Bonchev–Trinajstić information content (AvgIpc) is 2.41. The molecule has 0 aliphatic heterocycles. The SMILES string of the molecule is CC.CCCCCCC(C)CCCCCCC(=O)O. The first-order valence-corrected chi connectivity index (χ1v) is 8.38. The van der Waals surface area contributed by atoms with E-state index in [4.69, 9.17) is 5.11 Å². The third-order valence-corrected chi connectivity index (χ3v) is 3.39. The molecule has 0 aliphatic rings. The van der Waals surface area contributed by atoms with E-state index in [2.05, 4.69) is 13.8 Å². The van der Waals surface area contributed by atoms with Gasteiger partial charge >= 0.3 is 5.97 Å². The number of carbonyl (C=O) groups is 1. The molecule has 19 heavy (non-hydrogen) atoms. The molecule has 0 saturated carbocycles. The van der Waals surface area contributed by atoms with E-state index >= 15 is 0 Å². The van der Waals surface area contributed by atoms with Gasteiger partial charge in [-0.2, -0.15) is 0 Å². The van der Waals surface area contributed by atoms with Crippen LogP contribution in [0.25, 0.3) is 0 Å². The van der Waals surface area contributed by atoms with Gasteiger partial charge in [-0.3, -0.25) is 4.79 Å². The summed E-state index contributed by atoms with van der Waals surface area (Å²) in [6.07, 6.45) is 12.9. The predicted molar refractivity (Wildman–Crippen MR) is 84.6 cm³/mol. The molecule has 0 saturated heterocycles. The molecule has 0 amide bonds. The molecule has 0 heterocycles. The normalized spacial score (nSPS) is 11.6. The van der Waals surface area contributed by atoms with Crippen molar-refractivity contribution in [2.45, 2.75) is 98.3 Å². The Morgan fingerprint density at radius 2 is 1.37 bits per heavy atom. The van der Waals surface area contributed by atoms with Crippen molar-refractivity contribution in [1.82, 2.24) is 0 Å². The van der Waals surface area contributed by atoms with Gasteiger partial charge in [0.15, 0.2) is 0 Å². The van der Waals surface area contributed by atoms with Gasteiger partial charge in [-0.25, -0.2) is 0 Å². The van der Waals surface area contributed by atoms with Crippen LogP contribution in [0.2, 0.25) is 0 Å². The summed E-state index contributed by atoms with van der Waals surface area (Å²) in [5, 5.41) is 8.50. The standard InChI is InChI=1S/C15H30O2.C2H6/c1-3-4-5-8-11-14(2)12-9-6-7-10-13-15(16)17;1-2/h14H,3-13H2,1-2H3,(H,16,17);1-2H3. The third kappa shape index (κ3) is 20.0. The van der Waals surface area contributed by atoms with Crippen LogP contribution in [0.1, 0.15) is 98.3 Å². The summed E-state index contributed by atoms with van der Waals surface area (Å²) in [4.78, 5) is 10.3. The first-order chi connectivity index (χ1) is 9.16. The Bertz CT molecular complexity index is 178. The summed E-state index contributed by atoms with van der Waals surface area (Å²) in [5.74, 6) is 0.195. The van der Waals surface area contributed by atoms with Gasteiger partial charge in [-0.15, -0.1) is 0 Å². The van der Waals surface area contributed by atoms with E-state index in [1.54, 1.807) is 0 Å². The second-order valence-electron chi connectivity index (χ2n) is 5.30. The van der Waals surface area contributed by atoms with Crippen molar-refractivity contribution >= 4 is 5.97 Å². The zero-order valence-electron chi connectivity index (χ0n) is 13.7. The Morgan fingerprint density at radius 3 is 1.84 bits per heavy atom. The van der Waals surface area contributed by atoms with Crippen molar-refractivity contribution < 1.29 is 9.90 Å². The largest absolute Gasteiger partial charge is 0.481 e. The van der Waals surface area contributed by atoms with E-state index in [0.717, 1.165) is 18.8 Å². The summed E-state index contributed by atoms with van der Waals surface area (Å²) in [6, 6.07) is 0. The molecule has 2 heteroatoms. The molecule has 1 N–H and O–H groups in total. The first kappa shape index (κ1) is 20.8. The van der Waals surface area contributed by atoms with Crippen LogP contribution in [-0.4, -0.2) is 11.1 Å². The van der Waals surface area contributed by atoms with Crippen LogP contribution in [0, 0.1) is 5.92 Å². The maximum Gasteiger partial charge on any atom is 0.303 e. The van der Waals surface area contributed by atoms with Crippen LogP contribution in [0.15, 0.2) is 0 Å². The Labute approximate surface area is 121 Å². The van der Waals surface area contributed by atoms with Gasteiger partial charge in [0, 0.05) is 6.42 Å². The van der Waals surface area contributed by atoms with E-state index in [1.165, 1.54) is 51.4 Å². The maximum atomic E-state index is 10.3. The summed E-state index contributed by atoms with van der Waals surface area (Å²) in [7, 11) is 0. The minimum Gasteiger partial charge on any atom is -0.481 e. The topological polar surface area (TPSA) is 37.3 Å². The molecule has 1 unspecified atom stereocenters. The molecular formula is C17H36O2. The molecule has 0 radical (unpaired) electrons. The number of unbranched alkanes of at least 4 members (excludes halogenated alkanes) is 6. The summed E-state index contributed by atoms with van der Waals surface area (Å²) >= 11 is 0. The highest BCUT2D eigenvalue weighted by molar-refractivity contribution is 5.66. The lowest BCUT2D eigenvalue weighted by molar-refractivity contribution is -0.137. The van der Waals surface area contributed by atoms with Crippen molar-refractivity contribution in [1.29, 1.82) is 0 Å². The van der Waals surface area contributed by atoms with Gasteiger partial charge in [0.25, 0.3) is 0 Å². The zero-order valence-corrected chi connectivity index (χ0v) is 13.7. The monoisotopic (exact) mass is 272 g/mol. The zero-order chi connectivity index (χ0) is 14.9. The fraction of sp³-hybridized carbons (Fsp3) is 0.941. The highest BCUT2D eigenvalue weighted by Crippen LogP contribution is 2.17. The Balaban J connectivity index is 0. The van der Waals surface area contributed by atoms with Crippen LogP contribution in [0.3, 0.4) is 0 Å². The number of hydrogen-bond acceptors (Lipinski definition) is 1. The van der Waals surface area contributed by atoms with Crippen molar-refractivity contribution in [3.8, 4) is 0 Å². The van der Waals surface area contributed by atoms with Gasteiger partial charge in [-0.05, 0) is 12.3 Å². The molecular weight excluding hydrogens is 236 g/mol. The van der Waals surface area contributed by atoms with E-state index in [-0.39, 0.29) is 0 Å². The first-order valence-electron chi connectivity index (χ1n) is 8.38. The summed E-state index contributed by atoms with van der Waals surface area (Å²) in [5.41, 5.74) is 0. The van der Waals surface area contributed by atoms with Crippen LogP contribution < -0.4 is 0 Å².